The van der Waals surface area contributed by atoms with Crippen molar-refractivity contribution in [3.63, 3.8) is 0 Å². The van der Waals surface area contributed by atoms with Crippen molar-refractivity contribution in [1.82, 2.24) is 15.3 Å². The lowest BCUT2D eigenvalue weighted by Gasteiger charge is -2.18. The molecule has 0 saturated carbocycles. The molecule has 0 saturated heterocycles. The van der Waals surface area contributed by atoms with E-state index in [4.69, 9.17) is 5.73 Å². The molecule has 3 unspecified atom stereocenters. The zero-order valence-corrected chi connectivity index (χ0v) is 11.5. The van der Waals surface area contributed by atoms with Gasteiger partial charge in [0.2, 0.25) is 5.91 Å². The van der Waals surface area contributed by atoms with Gasteiger partial charge in [0.15, 0.2) is 0 Å². The van der Waals surface area contributed by atoms with E-state index in [9.17, 15) is 4.79 Å². The summed E-state index contributed by atoms with van der Waals surface area (Å²) in [7, 11) is 0. The molecule has 0 aliphatic carbocycles. The van der Waals surface area contributed by atoms with Gasteiger partial charge >= 0.3 is 0 Å². The van der Waals surface area contributed by atoms with Crippen LogP contribution in [0, 0.1) is 5.92 Å². The van der Waals surface area contributed by atoms with Crippen molar-refractivity contribution in [2.24, 2.45) is 11.7 Å². The topological polar surface area (TPSA) is 83.8 Å². The first-order valence-corrected chi connectivity index (χ1v) is 6.49. The lowest BCUT2D eigenvalue weighted by molar-refractivity contribution is -0.125. The third-order valence-corrected chi connectivity index (χ3v) is 3.38. The van der Waals surface area contributed by atoms with Crippen molar-refractivity contribution in [3.05, 3.63) is 30.1 Å². The first-order valence-electron chi connectivity index (χ1n) is 6.49. The van der Waals surface area contributed by atoms with Crippen molar-refractivity contribution in [2.75, 3.05) is 0 Å². The van der Waals surface area contributed by atoms with Crippen LogP contribution < -0.4 is 11.1 Å². The number of nitrogens with two attached hydrogens (primary N) is 1. The van der Waals surface area contributed by atoms with E-state index < -0.39 is 0 Å². The molecule has 102 valence electrons. The minimum Gasteiger partial charge on any atom is -0.346 e. The number of nitrogens with zero attached hydrogens (tertiary/aromatic N) is 1. The van der Waals surface area contributed by atoms with Gasteiger partial charge < -0.3 is 16.0 Å². The van der Waals surface area contributed by atoms with Crippen LogP contribution in [0.5, 0.6) is 0 Å². The van der Waals surface area contributed by atoms with Gasteiger partial charge in [-0.25, -0.2) is 4.98 Å². The fourth-order valence-electron chi connectivity index (χ4n) is 1.83. The Hall–Kier alpha value is -1.88. The number of imidazole rings is 1. The molecular formula is C14H20N4O. The summed E-state index contributed by atoms with van der Waals surface area (Å²) in [5.41, 5.74) is 7.60. The number of rotatable bonds is 4. The van der Waals surface area contributed by atoms with E-state index in [0.29, 0.717) is 0 Å². The lowest BCUT2D eigenvalue weighted by atomic mass is 10.0. The van der Waals surface area contributed by atoms with Crippen LogP contribution in [-0.4, -0.2) is 21.9 Å². The molecule has 0 spiro atoms. The molecule has 0 radical (unpaired) electrons. The van der Waals surface area contributed by atoms with E-state index in [1.807, 2.05) is 45.0 Å². The largest absolute Gasteiger partial charge is 0.346 e. The first-order chi connectivity index (χ1) is 8.99. The maximum absolute atomic E-state index is 12.0. The van der Waals surface area contributed by atoms with E-state index in [1.165, 1.54) is 0 Å². The zero-order valence-electron chi connectivity index (χ0n) is 11.5. The quantitative estimate of drug-likeness (QED) is 0.782. The Balaban J connectivity index is 2.11. The molecule has 1 aromatic heterocycles. The molecule has 1 aromatic carbocycles. The minimum atomic E-state index is -0.216. The molecule has 1 heterocycles. The molecule has 1 amide bonds. The number of nitrogens with one attached hydrogen (secondary N) is 2. The van der Waals surface area contributed by atoms with Crippen LogP contribution in [0.25, 0.3) is 11.0 Å². The Morgan fingerprint density at radius 1 is 1.32 bits per heavy atom. The number of aromatic amines is 1. The summed E-state index contributed by atoms with van der Waals surface area (Å²) >= 11 is 0. The number of benzene rings is 1. The number of hydrogen-bond donors (Lipinski definition) is 3. The summed E-state index contributed by atoms with van der Waals surface area (Å²) in [6.07, 6.45) is 0. The second kappa shape index (κ2) is 5.40. The monoisotopic (exact) mass is 260 g/mol. The summed E-state index contributed by atoms with van der Waals surface area (Å²) in [5.74, 6) is 0.487. The molecule has 5 nitrogen and oxygen atoms in total. The molecular weight excluding hydrogens is 240 g/mol. The van der Waals surface area contributed by atoms with Crippen LogP contribution in [0.3, 0.4) is 0 Å². The second-order valence-electron chi connectivity index (χ2n) is 5.02. The molecule has 5 heteroatoms. The number of para-hydroxylation sites is 2. The molecule has 0 aliphatic rings. The third-order valence-electron chi connectivity index (χ3n) is 3.38. The van der Waals surface area contributed by atoms with Crippen molar-refractivity contribution in [3.8, 4) is 0 Å². The number of H-pyrrole nitrogens is 1. The molecule has 2 rings (SSSR count). The number of fused-ring (bicyclic) bond motifs is 1. The van der Waals surface area contributed by atoms with Crippen LogP contribution in [0.2, 0.25) is 0 Å². The highest BCUT2D eigenvalue weighted by molar-refractivity contribution is 5.79. The van der Waals surface area contributed by atoms with Gasteiger partial charge in [0.05, 0.1) is 17.1 Å². The number of amides is 1. The van der Waals surface area contributed by atoms with Gasteiger partial charge in [-0.1, -0.05) is 19.1 Å². The van der Waals surface area contributed by atoms with Gasteiger partial charge in [0, 0.05) is 12.0 Å². The van der Waals surface area contributed by atoms with Gasteiger partial charge in [0.1, 0.15) is 5.82 Å². The Bertz CT molecular complexity index is 543. The SMILES string of the molecule is CC(NC(=O)C(C)C(C)N)c1nc2ccccc2[nH]1. The van der Waals surface area contributed by atoms with Crippen molar-refractivity contribution in [1.29, 1.82) is 0 Å². The second-order valence-corrected chi connectivity index (χ2v) is 5.02. The van der Waals surface area contributed by atoms with Gasteiger partial charge in [0.25, 0.3) is 0 Å². The first kappa shape index (κ1) is 13.5. The van der Waals surface area contributed by atoms with Gasteiger partial charge in [-0.15, -0.1) is 0 Å². The molecule has 3 atom stereocenters. The van der Waals surface area contributed by atoms with Crippen molar-refractivity contribution in [2.45, 2.75) is 32.9 Å². The summed E-state index contributed by atoms with van der Waals surface area (Å²) in [5, 5.41) is 2.93. The predicted molar refractivity (Wildman–Crippen MR) is 75.5 cm³/mol. The number of carbonyl (C=O) groups is 1. The maximum Gasteiger partial charge on any atom is 0.224 e. The molecule has 0 aliphatic heterocycles. The molecule has 0 bridgehead atoms. The van der Waals surface area contributed by atoms with E-state index in [0.717, 1.165) is 16.9 Å². The van der Waals surface area contributed by atoms with Crippen LogP contribution >= 0.6 is 0 Å². The van der Waals surface area contributed by atoms with E-state index in [1.54, 1.807) is 0 Å². The predicted octanol–water partition coefficient (Wildman–Crippen LogP) is 1.72. The molecule has 2 aromatic rings. The summed E-state index contributed by atoms with van der Waals surface area (Å²) in [6.45, 7) is 5.56. The van der Waals surface area contributed by atoms with Gasteiger partial charge in [-0.3, -0.25) is 4.79 Å². The fourth-order valence-corrected chi connectivity index (χ4v) is 1.83. The standard InChI is InChI=1S/C14H20N4O/c1-8(9(2)15)14(19)16-10(3)13-17-11-6-4-5-7-12(11)18-13/h4-10H,15H2,1-3H3,(H,16,19)(H,17,18). The highest BCUT2D eigenvalue weighted by Gasteiger charge is 2.20. The number of hydrogen-bond acceptors (Lipinski definition) is 3. The Morgan fingerprint density at radius 2 is 2.00 bits per heavy atom. The Labute approximate surface area is 112 Å². The minimum absolute atomic E-state index is 0.0528. The van der Waals surface area contributed by atoms with Crippen molar-refractivity contribution >= 4 is 16.9 Å². The average molecular weight is 260 g/mol. The van der Waals surface area contributed by atoms with E-state index in [-0.39, 0.29) is 23.9 Å². The number of carbonyl (C=O) groups excluding carboxylic acids is 1. The fraction of sp³-hybridized carbons (Fsp3) is 0.429. The normalized spacial score (nSPS) is 16.0. The Morgan fingerprint density at radius 3 is 2.63 bits per heavy atom. The average Bonchev–Trinajstić information content (AvgIpc) is 2.81. The summed E-state index contributed by atoms with van der Waals surface area (Å²) in [4.78, 5) is 19.6. The summed E-state index contributed by atoms with van der Waals surface area (Å²) in [6, 6.07) is 7.46. The zero-order chi connectivity index (χ0) is 14.0. The number of aromatic nitrogens is 2. The molecule has 19 heavy (non-hydrogen) atoms. The van der Waals surface area contributed by atoms with Crippen LogP contribution in [-0.2, 0) is 4.79 Å². The van der Waals surface area contributed by atoms with Gasteiger partial charge in [-0.2, -0.15) is 0 Å². The van der Waals surface area contributed by atoms with Gasteiger partial charge in [-0.05, 0) is 26.0 Å². The third kappa shape index (κ3) is 2.93. The Kier molecular flexibility index (Phi) is 3.85. The molecule has 0 fully saturated rings. The highest BCUT2D eigenvalue weighted by atomic mass is 16.2. The van der Waals surface area contributed by atoms with Crippen LogP contribution in [0.15, 0.2) is 24.3 Å². The molecule has 4 N–H and O–H groups in total. The summed E-state index contributed by atoms with van der Waals surface area (Å²) < 4.78 is 0. The van der Waals surface area contributed by atoms with E-state index in [2.05, 4.69) is 15.3 Å². The van der Waals surface area contributed by atoms with Crippen LogP contribution in [0.4, 0.5) is 0 Å². The lowest BCUT2D eigenvalue weighted by Crippen LogP contribution is -2.39. The van der Waals surface area contributed by atoms with E-state index >= 15 is 0 Å². The van der Waals surface area contributed by atoms with Crippen molar-refractivity contribution < 1.29 is 4.79 Å². The smallest absolute Gasteiger partial charge is 0.224 e. The maximum atomic E-state index is 12.0. The van der Waals surface area contributed by atoms with Crippen LogP contribution in [0.1, 0.15) is 32.6 Å². The highest BCUT2D eigenvalue weighted by Crippen LogP contribution is 2.16.